The number of hydrogen-bond donors (Lipinski definition) is 1. The zero-order chi connectivity index (χ0) is 29.6. The SMILES string of the molecule is CC1(c2ccc(Cl)cc2F)Oc2cccc(C3CCN(Cc4ncc(/C=C/C(=O)O)n4CC4CCS4(=O)=O)CC3)c2O1. The van der Waals surface area contributed by atoms with Crippen molar-refractivity contribution in [1.29, 1.82) is 0 Å². The molecule has 2 atom stereocenters. The van der Waals surface area contributed by atoms with E-state index in [0.29, 0.717) is 41.0 Å². The van der Waals surface area contributed by atoms with Crippen LogP contribution >= 0.6 is 11.6 Å². The van der Waals surface area contributed by atoms with Crippen molar-refractivity contribution in [3.8, 4) is 11.5 Å². The number of carbonyl (C=O) groups is 1. The summed E-state index contributed by atoms with van der Waals surface area (Å²) in [6, 6.07) is 10.2. The Balaban J connectivity index is 1.15. The van der Waals surface area contributed by atoms with E-state index in [4.69, 9.17) is 26.2 Å². The summed E-state index contributed by atoms with van der Waals surface area (Å²) in [6.45, 7) is 4.01. The Kier molecular flexibility index (Phi) is 7.53. The standard InChI is InChI=1S/C30H31ClFN3O6S/c1-30(24-7-5-20(31)15-25(24)32)40-26-4-2-3-23(29(26)41-30)19-9-12-34(13-10-19)18-27-33-16-21(6-8-28(36)37)35(27)17-22-11-14-42(22,38)39/h2-8,15-16,19,22H,9-14,17-18H2,1H3,(H,36,37)/b8-6+. The normalized spacial score (nSPS) is 23.7. The van der Waals surface area contributed by atoms with Crippen molar-refractivity contribution >= 4 is 33.5 Å². The van der Waals surface area contributed by atoms with Crippen molar-refractivity contribution in [3.63, 3.8) is 0 Å². The molecule has 3 aliphatic heterocycles. The van der Waals surface area contributed by atoms with Gasteiger partial charge < -0.3 is 19.1 Å². The lowest BCUT2D eigenvalue weighted by atomic mass is 9.88. The van der Waals surface area contributed by atoms with E-state index in [1.165, 1.54) is 12.1 Å². The molecule has 0 aliphatic carbocycles. The Labute approximate surface area is 248 Å². The minimum atomic E-state index is -3.12. The molecule has 4 heterocycles. The monoisotopic (exact) mass is 615 g/mol. The number of para-hydroxylation sites is 1. The number of benzene rings is 2. The van der Waals surface area contributed by atoms with Crippen LogP contribution in [0.4, 0.5) is 4.39 Å². The van der Waals surface area contributed by atoms with Crippen LogP contribution in [0, 0.1) is 5.82 Å². The highest BCUT2D eigenvalue weighted by Gasteiger charge is 2.43. The van der Waals surface area contributed by atoms with Gasteiger partial charge in [0, 0.05) is 30.1 Å². The van der Waals surface area contributed by atoms with Crippen molar-refractivity contribution in [1.82, 2.24) is 14.5 Å². The highest BCUT2D eigenvalue weighted by atomic mass is 35.5. The molecule has 9 nitrogen and oxygen atoms in total. The fraction of sp³-hybridized carbons (Fsp3) is 0.400. The Morgan fingerprint density at radius 3 is 2.67 bits per heavy atom. The molecule has 2 fully saturated rings. The predicted molar refractivity (Wildman–Crippen MR) is 155 cm³/mol. The Morgan fingerprint density at radius 1 is 1.21 bits per heavy atom. The maximum atomic E-state index is 14.8. The van der Waals surface area contributed by atoms with Crippen molar-refractivity contribution in [2.45, 2.75) is 56.2 Å². The third-order valence-electron chi connectivity index (χ3n) is 8.41. The maximum absolute atomic E-state index is 14.8. The maximum Gasteiger partial charge on any atom is 0.328 e. The summed E-state index contributed by atoms with van der Waals surface area (Å²) in [4.78, 5) is 17.9. The van der Waals surface area contributed by atoms with Crippen LogP contribution in [0.1, 0.15) is 54.7 Å². The summed E-state index contributed by atoms with van der Waals surface area (Å²) in [5, 5.41) is 8.90. The van der Waals surface area contributed by atoms with Gasteiger partial charge >= 0.3 is 5.97 Å². The van der Waals surface area contributed by atoms with Crippen LogP contribution in [0.15, 0.2) is 48.7 Å². The lowest BCUT2D eigenvalue weighted by molar-refractivity contribution is -0.131. The van der Waals surface area contributed by atoms with Crippen molar-refractivity contribution in [3.05, 3.63) is 82.2 Å². The number of carboxylic acid groups (broad SMARTS) is 1. The van der Waals surface area contributed by atoms with Crippen LogP contribution in [0.2, 0.25) is 5.02 Å². The molecule has 6 rings (SSSR count). The number of sulfone groups is 1. The smallest absolute Gasteiger partial charge is 0.328 e. The second kappa shape index (κ2) is 11.0. The molecule has 0 radical (unpaired) electrons. The van der Waals surface area contributed by atoms with Crippen LogP contribution in [0.5, 0.6) is 11.5 Å². The fourth-order valence-electron chi connectivity index (χ4n) is 5.98. The molecule has 2 aromatic carbocycles. The molecular formula is C30H31ClFN3O6S. The van der Waals surface area contributed by atoms with Crippen LogP contribution in [0.25, 0.3) is 6.08 Å². The van der Waals surface area contributed by atoms with E-state index in [-0.39, 0.29) is 23.8 Å². The van der Waals surface area contributed by atoms with Gasteiger partial charge in [-0.25, -0.2) is 22.6 Å². The first-order valence-electron chi connectivity index (χ1n) is 13.9. The molecule has 3 aromatic rings. The summed E-state index contributed by atoms with van der Waals surface area (Å²) in [5.41, 5.74) is 1.86. The van der Waals surface area contributed by atoms with E-state index >= 15 is 0 Å². The van der Waals surface area contributed by atoms with E-state index in [2.05, 4.69) is 9.88 Å². The number of rotatable bonds is 8. The van der Waals surface area contributed by atoms with E-state index in [1.807, 2.05) is 22.8 Å². The van der Waals surface area contributed by atoms with Gasteiger partial charge in [-0.2, -0.15) is 0 Å². The Hall–Kier alpha value is -3.41. The van der Waals surface area contributed by atoms with Gasteiger partial charge in [0.05, 0.1) is 35.0 Å². The molecule has 3 aliphatic rings. The molecule has 12 heteroatoms. The van der Waals surface area contributed by atoms with E-state index in [0.717, 1.165) is 37.6 Å². The first-order valence-corrected chi connectivity index (χ1v) is 16.0. The molecule has 2 saturated heterocycles. The molecule has 0 amide bonds. The lowest BCUT2D eigenvalue weighted by Crippen LogP contribution is -2.40. The number of likely N-dealkylation sites (tertiary alicyclic amines) is 1. The highest BCUT2D eigenvalue weighted by molar-refractivity contribution is 7.93. The van der Waals surface area contributed by atoms with Crippen LogP contribution in [0.3, 0.4) is 0 Å². The topological polar surface area (TPSA) is 111 Å². The van der Waals surface area contributed by atoms with Gasteiger partial charge in [-0.1, -0.05) is 23.7 Å². The van der Waals surface area contributed by atoms with Crippen LogP contribution in [-0.4, -0.2) is 58.0 Å². The molecule has 0 spiro atoms. The van der Waals surface area contributed by atoms with Crippen molar-refractivity contribution < 1.29 is 32.2 Å². The molecule has 1 N–H and O–H groups in total. The average Bonchev–Trinajstić information content (AvgIpc) is 3.49. The number of carboxylic acids is 1. The zero-order valence-electron chi connectivity index (χ0n) is 23.0. The highest BCUT2D eigenvalue weighted by Crippen LogP contribution is 2.49. The van der Waals surface area contributed by atoms with Crippen molar-refractivity contribution in [2.24, 2.45) is 0 Å². The van der Waals surface area contributed by atoms with Crippen molar-refractivity contribution in [2.75, 3.05) is 18.8 Å². The minimum absolute atomic E-state index is 0.182. The first-order chi connectivity index (χ1) is 20.0. The number of aliphatic carboxylic acids is 1. The Morgan fingerprint density at radius 2 is 2.00 bits per heavy atom. The number of piperidine rings is 1. The van der Waals surface area contributed by atoms with Gasteiger partial charge in [0.2, 0.25) is 0 Å². The summed E-state index contributed by atoms with van der Waals surface area (Å²) in [6.07, 6.45) is 6.36. The number of hydrogen-bond acceptors (Lipinski definition) is 7. The largest absolute Gasteiger partial charge is 0.478 e. The number of ether oxygens (including phenoxy) is 2. The predicted octanol–water partition coefficient (Wildman–Crippen LogP) is 4.98. The van der Waals surface area contributed by atoms with Gasteiger partial charge in [-0.3, -0.25) is 4.90 Å². The summed E-state index contributed by atoms with van der Waals surface area (Å²) in [7, 11) is -3.12. The number of aromatic nitrogens is 2. The summed E-state index contributed by atoms with van der Waals surface area (Å²) >= 11 is 5.95. The van der Waals surface area contributed by atoms with Gasteiger partial charge in [0.1, 0.15) is 11.6 Å². The molecule has 0 bridgehead atoms. The van der Waals surface area contributed by atoms with Gasteiger partial charge in [-0.15, -0.1) is 0 Å². The molecule has 1 aromatic heterocycles. The molecule has 0 saturated carbocycles. The fourth-order valence-corrected chi connectivity index (χ4v) is 7.47. The quantitative estimate of drug-likeness (QED) is 0.353. The number of imidazole rings is 1. The second-order valence-electron chi connectivity index (χ2n) is 11.2. The molecular weight excluding hydrogens is 585 g/mol. The van der Waals surface area contributed by atoms with Crippen LogP contribution < -0.4 is 9.47 Å². The third-order valence-corrected chi connectivity index (χ3v) is 10.8. The van der Waals surface area contributed by atoms with Gasteiger partial charge in [-0.05, 0) is 68.6 Å². The van der Waals surface area contributed by atoms with E-state index in [9.17, 15) is 17.6 Å². The second-order valence-corrected chi connectivity index (χ2v) is 14.0. The number of fused-ring (bicyclic) bond motifs is 1. The van der Waals surface area contributed by atoms with E-state index < -0.39 is 32.7 Å². The molecule has 2 unspecified atom stereocenters. The third kappa shape index (κ3) is 5.52. The summed E-state index contributed by atoms with van der Waals surface area (Å²) < 4.78 is 53.5. The minimum Gasteiger partial charge on any atom is -0.478 e. The molecule has 222 valence electrons. The Bertz CT molecular complexity index is 1670. The zero-order valence-corrected chi connectivity index (χ0v) is 24.6. The average molecular weight is 616 g/mol. The number of nitrogens with zero attached hydrogens (tertiary/aromatic N) is 3. The first kappa shape index (κ1) is 28.7. The van der Waals surface area contributed by atoms with Gasteiger partial charge in [0.15, 0.2) is 21.3 Å². The van der Waals surface area contributed by atoms with Crippen LogP contribution in [-0.2, 0) is 33.5 Å². The summed E-state index contributed by atoms with van der Waals surface area (Å²) in [5.74, 6) is -0.607. The van der Waals surface area contributed by atoms with Gasteiger partial charge in [0.25, 0.3) is 5.79 Å². The molecule has 42 heavy (non-hydrogen) atoms. The lowest BCUT2D eigenvalue weighted by Gasteiger charge is -2.33. The van der Waals surface area contributed by atoms with E-state index in [1.54, 1.807) is 25.3 Å². The number of halogens is 2.